The van der Waals surface area contributed by atoms with Crippen molar-refractivity contribution in [1.82, 2.24) is 0 Å². The Morgan fingerprint density at radius 1 is 1.29 bits per heavy atom. The molecule has 0 aliphatic heterocycles. The van der Waals surface area contributed by atoms with Crippen molar-refractivity contribution in [3.63, 3.8) is 0 Å². The van der Waals surface area contributed by atoms with Gasteiger partial charge in [-0.1, -0.05) is 31.9 Å². The van der Waals surface area contributed by atoms with Gasteiger partial charge in [0.2, 0.25) is 0 Å². The summed E-state index contributed by atoms with van der Waals surface area (Å²) in [5.41, 5.74) is 2.19. The molecule has 0 heterocycles. The fourth-order valence-electron chi connectivity index (χ4n) is 1.34. The minimum Gasteiger partial charge on any atom is -0.295 e. The molecule has 0 fully saturated rings. The number of ketones is 1. The molecular formula is C13H22O. The van der Waals surface area contributed by atoms with E-state index in [1.807, 2.05) is 13.8 Å². The number of rotatable bonds is 7. The fraction of sp³-hybridized carbons (Fsp3) is 0.615. The third kappa shape index (κ3) is 5.74. The molecular weight excluding hydrogens is 172 g/mol. The van der Waals surface area contributed by atoms with Crippen molar-refractivity contribution in [2.45, 2.75) is 52.9 Å². The molecule has 0 saturated carbocycles. The highest BCUT2D eigenvalue weighted by Gasteiger charge is 2.04. The first-order chi connectivity index (χ1) is 6.61. The number of hydrogen-bond donors (Lipinski definition) is 0. The van der Waals surface area contributed by atoms with Crippen LogP contribution in [-0.4, -0.2) is 5.78 Å². The van der Waals surface area contributed by atoms with Gasteiger partial charge in [0.05, 0.1) is 0 Å². The summed E-state index contributed by atoms with van der Waals surface area (Å²) in [6, 6.07) is 0. The van der Waals surface area contributed by atoms with Crippen LogP contribution in [-0.2, 0) is 4.79 Å². The molecule has 1 heteroatoms. The van der Waals surface area contributed by atoms with Crippen LogP contribution < -0.4 is 0 Å². The summed E-state index contributed by atoms with van der Waals surface area (Å²) < 4.78 is 0. The van der Waals surface area contributed by atoms with Gasteiger partial charge in [-0.05, 0) is 31.8 Å². The van der Waals surface area contributed by atoms with Crippen LogP contribution in [0.3, 0.4) is 0 Å². The van der Waals surface area contributed by atoms with E-state index >= 15 is 0 Å². The van der Waals surface area contributed by atoms with E-state index in [-0.39, 0.29) is 0 Å². The van der Waals surface area contributed by atoms with Gasteiger partial charge in [0.1, 0.15) is 0 Å². The zero-order chi connectivity index (χ0) is 11.0. The van der Waals surface area contributed by atoms with E-state index in [4.69, 9.17) is 0 Å². The summed E-state index contributed by atoms with van der Waals surface area (Å²) >= 11 is 0. The van der Waals surface area contributed by atoms with E-state index in [1.54, 1.807) is 0 Å². The summed E-state index contributed by atoms with van der Waals surface area (Å²) in [6.07, 6.45) is 6.62. The van der Waals surface area contributed by atoms with Crippen molar-refractivity contribution in [2.24, 2.45) is 0 Å². The van der Waals surface area contributed by atoms with Gasteiger partial charge in [0.25, 0.3) is 0 Å². The molecule has 0 bridgehead atoms. The first-order valence-corrected chi connectivity index (χ1v) is 5.48. The maximum absolute atomic E-state index is 11.5. The van der Waals surface area contributed by atoms with Crippen molar-refractivity contribution in [3.8, 4) is 0 Å². The number of hydrogen-bond acceptors (Lipinski definition) is 1. The van der Waals surface area contributed by atoms with Crippen molar-refractivity contribution >= 4 is 5.78 Å². The Bertz CT molecular complexity index is 223. The Kier molecular flexibility index (Phi) is 7.09. The van der Waals surface area contributed by atoms with Crippen LogP contribution in [0, 0.1) is 0 Å². The molecule has 0 aromatic rings. The molecule has 0 aromatic carbocycles. The molecule has 0 rings (SSSR count). The summed E-state index contributed by atoms with van der Waals surface area (Å²) in [7, 11) is 0. The van der Waals surface area contributed by atoms with Crippen LogP contribution in [0.5, 0.6) is 0 Å². The summed E-state index contributed by atoms with van der Waals surface area (Å²) in [4.78, 5) is 11.5. The van der Waals surface area contributed by atoms with Crippen LogP contribution in [0.4, 0.5) is 0 Å². The lowest BCUT2D eigenvalue weighted by Crippen LogP contribution is -2.00. The standard InChI is InChI=1S/C13H22O/c1-5-8-12(13(14)6-2)10-7-9-11(3)4/h10H,3,5-9H2,1-2,4H3/b12-10+. The minimum atomic E-state index is 0.300. The third-order valence-electron chi connectivity index (χ3n) is 2.16. The smallest absolute Gasteiger partial charge is 0.158 e. The van der Waals surface area contributed by atoms with Crippen LogP contribution in [0.2, 0.25) is 0 Å². The lowest BCUT2D eigenvalue weighted by Gasteiger charge is -2.03. The summed E-state index contributed by atoms with van der Waals surface area (Å²) in [5.74, 6) is 0.300. The Morgan fingerprint density at radius 2 is 1.93 bits per heavy atom. The Labute approximate surface area is 87.9 Å². The Balaban J connectivity index is 4.18. The van der Waals surface area contributed by atoms with Crippen molar-refractivity contribution in [2.75, 3.05) is 0 Å². The van der Waals surface area contributed by atoms with Gasteiger partial charge < -0.3 is 0 Å². The van der Waals surface area contributed by atoms with Gasteiger partial charge in [-0.15, -0.1) is 6.58 Å². The highest BCUT2D eigenvalue weighted by Crippen LogP contribution is 2.12. The normalized spacial score (nSPS) is 11.5. The van der Waals surface area contributed by atoms with Crippen molar-refractivity contribution in [1.29, 1.82) is 0 Å². The monoisotopic (exact) mass is 194 g/mol. The molecule has 80 valence electrons. The first kappa shape index (κ1) is 13.2. The molecule has 0 radical (unpaired) electrons. The van der Waals surface area contributed by atoms with E-state index in [9.17, 15) is 4.79 Å². The third-order valence-corrected chi connectivity index (χ3v) is 2.16. The van der Waals surface area contributed by atoms with E-state index in [0.29, 0.717) is 12.2 Å². The van der Waals surface area contributed by atoms with Gasteiger partial charge in [-0.25, -0.2) is 0 Å². The average Bonchev–Trinajstić information content (AvgIpc) is 2.15. The van der Waals surface area contributed by atoms with Crippen LogP contribution in [0.15, 0.2) is 23.8 Å². The molecule has 0 spiro atoms. The second-order valence-electron chi connectivity index (χ2n) is 3.75. The summed E-state index contributed by atoms with van der Waals surface area (Å²) in [6.45, 7) is 9.90. The minimum absolute atomic E-state index is 0.300. The van der Waals surface area contributed by atoms with Gasteiger partial charge in [0, 0.05) is 6.42 Å². The highest BCUT2D eigenvalue weighted by atomic mass is 16.1. The predicted octanol–water partition coefficient (Wildman–Crippen LogP) is 4.05. The lowest BCUT2D eigenvalue weighted by molar-refractivity contribution is -0.115. The number of carbonyl (C=O) groups is 1. The van der Waals surface area contributed by atoms with Gasteiger partial charge in [0.15, 0.2) is 5.78 Å². The number of allylic oxidation sites excluding steroid dienone is 3. The van der Waals surface area contributed by atoms with Crippen molar-refractivity contribution < 1.29 is 4.79 Å². The maximum Gasteiger partial charge on any atom is 0.158 e. The van der Waals surface area contributed by atoms with Gasteiger partial charge in [-0.3, -0.25) is 4.79 Å². The highest BCUT2D eigenvalue weighted by molar-refractivity contribution is 5.94. The quantitative estimate of drug-likeness (QED) is 0.441. The van der Waals surface area contributed by atoms with Gasteiger partial charge in [-0.2, -0.15) is 0 Å². The molecule has 0 aliphatic rings. The molecule has 0 aromatic heterocycles. The summed E-state index contributed by atoms with van der Waals surface area (Å²) in [5, 5.41) is 0. The molecule has 0 saturated heterocycles. The topological polar surface area (TPSA) is 17.1 Å². The van der Waals surface area contributed by atoms with Crippen molar-refractivity contribution in [3.05, 3.63) is 23.8 Å². The maximum atomic E-state index is 11.5. The molecule has 0 N–H and O–H groups in total. The van der Waals surface area contributed by atoms with Crippen LogP contribution in [0.1, 0.15) is 52.9 Å². The molecule has 0 atom stereocenters. The molecule has 0 amide bonds. The van der Waals surface area contributed by atoms with Crippen LogP contribution in [0.25, 0.3) is 0 Å². The Hall–Kier alpha value is -0.850. The zero-order valence-electron chi connectivity index (χ0n) is 9.73. The van der Waals surface area contributed by atoms with Gasteiger partial charge >= 0.3 is 0 Å². The second kappa shape index (κ2) is 7.54. The lowest BCUT2D eigenvalue weighted by atomic mass is 10.0. The Morgan fingerprint density at radius 3 is 2.36 bits per heavy atom. The first-order valence-electron chi connectivity index (χ1n) is 5.48. The van der Waals surface area contributed by atoms with E-state index in [0.717, 1.165) is 31.3 Å². The van der Waals surface area contributed by atoms with E-state index < -0.39 is 0 Å². The molecule has 14 heavy (non-hydrogen) atoms. The van der Waals surface area contributed by atoms with Crippen LogP contribution >= 0.6 is 0 Å². The SMILES string of the molecule is C=C(C)CC/C=C(\CCC)C(=O)CC. The number of Topliss-reactive ketones (excluding diaryl/α,β-unsaturated/α-hetero) is 1. The molecule has 0 aliphatic carbocycles. The molecule has 1 nitrogen and oxygen atoms in total. The van der Waals surface area contributed by atoms with E-state index in [1.165, 1.54) is 5.57 Å². The predicted molar refractivity (Wildman–Crippen MR) is 62.3 cm³/mol. The number of carbonyl (C=O) groups excluding carboxylic acids is 1. The second-order valence-corrected chi connectivity index (χ2v) is 3.75. The average molecular weight is 194 g/mol. The molecule has 0 unspecified atom stereocenters. The largest absolute Gasteiger partial charge is 0.295 e. The zero-order valence-corrected chi connectivity index (χ0v) is 9.73. The fourth-order valence-corrected chi connectivity index (χ4v) is 1.34. The van der Waals surface area contributed by atoms with E-state index in [2.05, 4.69) is 19.6 Å².